The van der Waals surface area contributed by atoms with E-state index in [9.17, 15) is 9.18 Å². The average molecular weight is 353 g/mol. The number of anilines is 1. The van der Waals surface area contributed by atoms with Crippen molar-refractivity contribution in [2.75, 3.05) is 18.0 Å². The van der Waals surface area contributed by atoms with Crippen molar-refractivity contribution in [3.05, 3.63) is 59.5 Å². The number of hydrogen-bond donors (Lipinski definition) is 0. The Morgan fingerprint density at radius 3 is 2.77 bits per heavy atom. The largest absolute Gasteiger partial charge is 0.355 e. The minimum Gasteiger partial charge on any atom is -0.355 e. The van der Waals surface area contributed by atoms with Crippen LogP contribution in [0.25, 0.3) is 5.57 Å². The monoisotopic (exact) mass is 353 g/mol. The lowest BCUT2D eigenvalue weighted by Crippen LogP contribution is -2.22. The molecule has 26 heavy (non-hydrogen) atoms. The summed E-state index contributed by atoms with van der Waals surface area (Å²) in [7, 11) is 0. The van der Waals surface area contributed by atoms with Gasteiger partial charge in [0.15, 0.2) is 5.82 Å². The molecule has 4 nitrogen and oxygen atoms in total. The van der Waals surface area contributed by atoms with Gasteiger partial charge in [-0.15, -0.1) is 5.10 Å². The molecule has 5 heteroatoms. The van der Waals surface area contributed by atoms with Crippen LogP contribution in [0.3, 0.4) is 0 Å². The molecule has 0 saturated carbocycles. The van der Waals surface area contributed by atoms with Gasteiger partial charge in [0.2, 0.25) is 0 Å². The van der Waals surface area contributed by atoms with Crippen molar-refractivity contribution < 1.29 is 9.18 Å². The highest BCUT2D eigenvalue weighted by Crippen LogP contribution is 2.25. The van der Waals surface area contributed by atoms with Crippen LogP contribution in [0.1, 0.15) is 36.6 Å². The lowest BCUT2D eigenvalue weighted by molar-refractivity contribution is -0.119. The predicted octanol–water partition coefficient (Wildman–Crippen LogP) is 3.99. The summed E-state index contributed by atoms with van der Waals surface area (Å²) in [5.41, 5.74) is 2.93. The molecule has 1 atom stereocenters. The standard InChI is InChI=1S/C21H24FN3O/c1-14(2)17-5-6-18(20(22)12-17)11-19(26)10-16-8-9-25(13-16)21-7-4-15(3)23-24-21/h4-7,12,16H,1,8-11,13H2,2-3H3/t16-/m1/s1. The van der Waals surface area contributed by atoms with Gasteiger partial charge in [-0.2, -0.15) is 5.10 Å². The maximum Gasteiger partial charge on any atom is 0.151 e. The number of aryl methyl sites for hydroxylation is 1. The Labute approximate surface area is 153 Å². The van der Waals surface area contributed by atoms with Crippen molar-refractivity contribution in [2.24, 2.45) is 5.92 Å². The molecule has 0 radical (unpaired) electrons. The molecular formula is C21H24FN3O. The number of carbonyl (C=O) groups is 1. The Hall–Kier alpha value is -2.56. The highest BCUT2D eigenvalue weighted by molar-refractivity contribution is 5.81. The summed E-state index contributed by atoms with van der Waals surface area (Å²) >= 11 is 0. The normalized spacial score (nSPS) is 16.7. The van der Waals surface area contributed by atoms with Gasteiger partial charge in [0.25, 0.3) is 0 Å². The second-order valence-corrected chi connectivity index (χ2v) is 7.14. The molecule has 136 valence electrons. The van der Waals surface area contributed by atoms with Crippen molar-refractivity contribution in [2.45, 2.75) is 33.1 Å². The minimum absolute atomic E-state index is 0.0776. The zero-order valence-corrected chi connectivity index (χ0v) is 15.3. The van der Waals surface area contributed by atoms with E-state index in [1.54, 1.807) is 6.07 Å². The van der Waals surface area contributed by atoms with Crippen LogP contribution >= 0.6 is 0 Å². The molecule has 3 rings (SSSR count). The number of carbonyl (C=O) groups excluding carboxylic acids is 1. The smallest absolute Gasteiger partial charge is 0.151 e. The Kier molecular flexibility index (Phi) is 5.45. The fourth-order valence-corrected chi connectivity index (χ4v) is 3.33. The van der Waals surface area contributed by atoms with Crippen LogP contribution < -0.4 is 4.90 Å². The predicted molar refractivity (Wildman–Crippen MR) is 102 cm³/mol. The highest BCUT2D eigenvalue weighted by Gasteiger charge is 2.26. The van der Waals surface area contributed by atoms with Crippen molar-refractivity contribution >= 4 is 17.2 Å². The van der Waals surface area contributed by atoms with E-state index in [0.717, 1.165) is 42.2 Å². The molecule has 0 N–H and O–H groups in total. The molecular weight excluding hydrogens is 329 g/mol. The number of rotatable bonds is 6. The zero-order chi connectivity index (χ0) is 18.7. The van der Waals surface area contributed by atoms with Crippen molar-refractivity contribution in [1.82, 2.24) is 10.2 Å². The first-order chi connectivity index (χ1) is 12.4. The van der Waals surface area contributed by atoms with Crippen LogP contribution in [0.15, 0.2) is 36.9 Å². The lowest BCUT2D eigenvalue weighted by atomic mass is 9.96. The molecule has 1 aliphatic rings. The first-order valence-corrected chi connectivity index (χ1v) is 8.93. The molecule has 1 aliphatic heterocycles. The van der Waals surface area contributed by atoms with E-state index in [0.29, 0.717) is 12.0 Å². The second-order valence-electron chi connectivity index (χ2n) is 7.14. The number of ketones is 1. The molecule has 0 aliphatic carbocycles. The second kappa shape index (κ2) is 7.77. The van der Waals surface area contributed by atoms with Crippen LogP contribution in [0.2, 0.25) is 0 Å². The molecule has 1 aromatic carbocycles. The van der Waals surface area contributed by atoms with Gasteiger partial charge in [-0.25, -0.2) is 4.39 Å². The Balaban J connectivity index is 1.56. The first kappa shape index (κ1) is 18.2. The number of halogens is 1. The first-order valence-electron chi connectivity index (χ1n) is 8.93. The summed E-state index contributed by atoms with van der Waals surface area (Å²) in [5.74, 6) is 0.881. The molecule has 2 aromatic rings. The summed E-state index contributed by atoms with van der Waals surface area (Å²) in [6.07, 6.45) is 1.55. The molecule has 0 amide bonds. The highest BCUT2D eigenvalue weighted by atomic mass is 19.1. The van der Waals surface area contributed by atoms with E-state index in [1.165, 1.54) is 6.07 Å². The van der Waals surface area contributed by atoms with Crippen LogP contribution in [0.4, 0.5) is 10.2 Å². The van der Waals surface area contributed by atoms with Crippen molar-refractivity contribution in [3.8, 4) is 0 Å². The average Bonchev–Trinajstić information content (AvgIpc) is 3.05. The van der Waals surface area contributed by atoms with Gasteiger partial charge in [-0.3, -0.25) is 4.79 Å². The van der Waals surface area contributed by atoms with Crippen LogP contribution in [-0.2, 0) is 11.2 Å². The summed E-state index contributed by atoms with van der Waals surface area (Å²) in [5, 5.41) is 8.30. The summed E-state index contributed by atoms with van der Waals surface area (Å²) in [6.45, 7) is 9.22. The number of benzene rings is 1. The van der Waals surface area contributed by atoms with Gasteiger partial charge in [0.1, 0.15) is 11.6 Å². The van der Waals surface area contributed by atoms with E-state index in [4.69, 9.17) is 0 Å². The topological polar surface area (TPSA) is 46.1 Å². The van der Waals surface area contributed by atoms with Crippen LogP contribution in [0, 0.1) is 18.7 Å². The number of aromatic nitrogens is 2. The number of nitrogens with zero attached hydrogens (tertiary/aromatic N) is 3. The van der Waals surface area contributed by atoms with Gasteiger partial charge in [-0.1, -0.05) is 24.3 Å². The summed E-state index contributed by atoms with van der Waals surface area (Å²) < 4.78 is 14.2. The molecule has 0 unspecified atom stereocenters. The van der Waals surface area contributed by atoms with Gasteiger partial charge in [0.05, 0.1) is 5.69 Å². The summed E-state index contributed by atoms with van der Waals surface area (Å²) in [6, 6.07) is 8.88. The number of hydrogen-bond acceptors (Lipinski definition) is 4. The molecule has 0 spiro atoms. The molecule has 1 saturated heterocycles. The van der Waals surface area contributed by atoms with E-state index < -0.39 is 0 Å². The SMILES string of the molecule is C=C(C)c1ccc(CC(=O)C[C@H]2CCN(c3ccc(C)nn3)C2)c(F)c1. The Morgan fingerprint density at radius 1 is 1.31 bits per heavy atom. The fraction of sp³-hybridized carbons (Fsp3) is 0.381. The van der Waals surface area contributed by atoms with Crippen LogP contribution in [0.5, 0.6) is 0 Å². The molecule has 1 aromatic heterocycles. The van der Waals surface area contributed by atoms with Crippen molar-refractivity contribution in [1.29, 1.82) is 0 Å². The zero-order valence-electron chi connectivity index (χ0n) is 15.3. The number of Topliss-reactive ketones (excluding diaryl/α,β-unsaturated/α-hetero) is 1. The quantitative estimate of drug-likeness (QED) is 0.788. The molecule has 2 heterocycles. The third-order valence-corrected chi connectivity index (χ3v) is 4.84. The third kappa shape index (κ3) is 4.34. The number of allylic oxidation sites excluding steroid dienone is 1. The lowest BCUT2D eigenvalue weighted by Gasteiger charge is -2.16. The van der Waals surface area contributed by atoms with E-state index in [-0.39, 0.29) is 23.9 Å². The van der Waals surface area contributed by atoms with Gasteiger partial charge < -0.3 is 4.90 Å². The maximum atomic E-state index is 14.2. The Bertz CT molecular complexity index is 817. The van der Waals surface area contributed by atoms with Gasteiger partial charge in [-0.05, 0) is 55.5 Å². The van der Waals surface area contributed by atoms with Gasteiger partial charge >= 0.3 is 0 Å². The van der Waals surface area contributed by atoms with E-state index in [1.807, 2.05) is 32.0 Å². The van der Waals surface area contributed by atoms with E-state index >= 15 is 0 Å². The Morgan fingerprint density at radius 2 is 2.12 bits per heavy atom. The third-order valence-electron chi connectivity index (χ3n) is 4.84. The minimum atomic E-state index is -0.332. The summed E-state index contributed by atoms with van der Waals surface area (Å²) in [4.78, 5) is 14.6. The van der Waals surface area contributed by atoms with Crippen molar-refractivity contribution in [3.63, 3.8) is 0 Å². The molecule has 0 bridgehead atoms. The fourth-order valence-electron chi connectivity index (χ4n) is 3.33. The molecule has 1 fully saturated rings. The van der Waals surface area contributed by atoms with Crippen LogP contribution in [-0.4, -0.2) is 29.1 Å². The maximum absolute atomic E-state index is 14.2. The van der Waals surface area contributed by atoms with E-state index in [2.05, 4.69) is 21.7 Å². The van der Waals surface area contributed by atoms with Gasteiger partial charge in [0, 0.05) is 25.9 Å².